The molecule has 3 nitrogen and oxygen atoms in total. The maximum Gasteiger partial charge on any atom is 0.573 e. The van der Waals surface area contributed by atoms with Gasteiger partial charge < -0.3 is 15.2 Å². The van der Waals surface area contributed by atoms with Crippen LogP contribution >= 0.6 is 11.8 Å². The highest BCUT2D eigenvalue weighted by Gasteiger charge is 2.32. The Bertz CT molecular complexity index is 458. The van der Waals surface area contributed by atoms with Crippen LogP contribution in [-0.2, 0) is 0 Å². The maximum atomic E-state index is 12.1. The van der Waals surface area contributed by atoms with Crippen LogP contribution in [0.5, 0.6) is 5.75 Å². The number of aliphatic hydroxyl groups is 1. The Morgan fingerprint density at radius 2 is 2.05 bits per heavy atom. The maximum absolute atomic E-state index is 12.1. The number of hydrogen-bond acceptors (Lipinski definition) is 4. The van der Waals surface area contributed by atoms with E-state index in [1.165, 1.54) is 12.1 Å². The van der Waals surface area contributed by atoms with Gasteiger partial charge in [-0.15, -0.1) is 13.2 Å². The van der Waals surface area contributed by atoms with Crippen LogP contribution in [0.4, 0.5) is 13.2 Å². The van der Waals surface area contributed by atoms with E-state index in [4.69, 9.17) is 0 Å². The van der Waals surface area contributed by atoms with Crippen LogP contribution in [0, 0.1) is 0 Å². The monoisotopic (exact) mass is 321 g/mol. The molecule has 1 aromatic rings. The first-order valence-electron chi connectivity index (χ1n) is 6.67. The standard InChI is InChI=1S/C14H18F3NO2S/c1-10(18-8-13(19)6-7-21-9-13)11-2-4-12(5-3-11)20-14(15,16)17/h2-5,10,18-19H,6-9H2,1H3. The summed E-state index contributed by atoms with van der Waals surface area (Å²) >= 11 is 1.72. The molecule has 2 N–H and O–H groups in total. The van der Waals surface area contributed by atoms with Crippen molar-refractivity contribution in [3.63, 3.8) is 0 Å². The van der Waals surface area contributed by atoms with Gasteiger partial charge in [-0.3, -0.25) is 0 Å². The number of ether oxygens (including phenoxy) is 1. The second-order valence-electron chi connectivity index (χ2n) is 5.25. The Kier molecular flexibility index (Phi) is 5.06. The molecule has 0 amide bonds. The smallest absolute Gasteiger partial charge is 0.406 e. The highest BCUT2D eigenvalue weighted by molar-refractivity contribution is 7.99. The minimum absolute atomic E-state index is 0.0560. The van der Waals surface area contributed by atoms with Gasteiger partial charge in [-0.2, -0.15) is 11.8 Å². The third-order valence-corrected chi connectivity index (χ3v) is 4.67. The molecule has 2 atom stereocenters. The molecule has 0 radical (unpaired) electrons. The van der Waals surface area contributed by atoms with Gasteiger partial charge in [0.25, 0.3) is 0 Å². The molecule has 2 unspecified atom stereocenters. The zero-order valence-corrected chi connectivity index (χ0v) is 12.4. The summed E-state index contributed by atoms with van der Waals surface area (Å²) in [5, 5.41) is 13.5. The number of thioether (sulfide) groups is 1. The van der Waals surface area contributed by atoms with E-state index in [-0.39, 0.29) is 11.8 Å². The number of rotatable bonds is 5. The zero-order valence-electron chi connectivity index (χ0n) is 11.6. The van der Waals surface area contributed by atoms with Crippen molar-refractivity contribution in [3.05, 3.63) is 29.8 Å². The first-order valence-corrected chi connectivity index (χ1v) is 7.82. The van der Waals surface area contributed by atoms with Gasteiger partial charge in [0, 0.05) is 18.3 Å². The lowest BCUT2D eigenvalue weighted by Gasteiger charge is -2.24. The van der Waals surface area contributed by atoms with Crippen molar-refractivity contribution in [3.8, 4) is 5.75 Å². The minimum atomic E-state index is -4.67. The van der Waals surface area contributed by atoms with Crippen LogP contribution in [0.2, 0.25) is 0 Å². The summed E-state index contributed by atoms with van der Waals surface area (Å²) in [4.78, 5) is 0. The Hall–Kier alpha value is -0.920. The van der Waals surface area contributed by atoms with Gasteiger partial charge in [0.05, 0.1) is 5.60 Å². The van der Waals surface area contributed by atoms with Crippen LogP contribution in [0.3, 0.4) is 0 Å². The summed E-state index contributed by atoms with van der Waals surface area (Å²) in [5.41, 5.74) is 0.164. The second-order valence-corrected chi connectivity index (χ2v) is 6.35. The molecule has 0 bridgehead atoms. The van der Waals surface area contributed by atoms with Gasteiger partial charge in [0.2, 0.25) is 0 Å². The van der Waals surface area contributed by atoms with Crippen molar-refractivity contribution in [2.45, 2.75) is 31.3 Å². The second kappa shape index (κ2) is 6.46. The molecule has 21 heavy (non-hydrogen) atoms. The summed E-state index contributed by atoms with van der Waals surface area (Å²) < 4.78 is 40.0. The first kappa shape index (κ1) is 16.5. The van der Waals surface area contributed by atoms with E-state index in [1.54, 1.807) is 23.9 Å². The Balaban J connectivity index is 1.89. The Morgan fingerprint density at radius 3 is 2.57 bits per heavy atom. The average molecular weight is 321 g/mol. The fourth-order valence-electron chi connectivity index (χ4n) is 2.15. The molecular formula is C14H18F3NO2S. The summed E-state index contributed by atoms with van der Waals surface area (Å²) in [7, 11) is 0. The van der Waals surface area contributed by atoms with E-state index in [1.807, 2.05) is 6.92 Å². The molecule has 1 fully saturated rings. The third kappa shape index (κ3) is 5.09. The van der Waals surface area contributed by atoms with Crippen molar-refractivity contribution >= 4 is 11.8 Å². The highest BCUT2D eigenvalue weighted by Crippen LogP contribution is 2.28. The van der Waals surface area contributed by atoms with Crippen LogP contribution in [0.15, 0.2) is 24.3 Å². The summed E-state index contributed by atoms with van der Waals surface area (Å²) in [6.07, 6.45) is -3.91. The van der Waals surface area contributed by atoms with Crippen molar-refractivity contribution in [2.75, 3.05) is 18.1 Å². The fourth-order valence-corrected chi connectivity index (χ4v) is 3.45. The van der Waals surface area contributed by atoms with Crippen LogP contribution in [-0.4, -0.2) is 35.1 Å². The largest absolute Gasteiger partial charge is 0.573 e. The lowest BCUT2D eigenvalue weighted by atomic mass is 10.0. The third-order valence-electron chi connectivity index (χ3n) is 3.43. The zero-order chi connectivity index (χ0) is 15.5. The van der Waals surface area contributed by atoms with Crippen LogP contribution < -0.4 is 10.1 Å². The van der Waals surface area contributed by atoms with Crippen molar-refractivity contribution in [1.29, 1.82) is 0 Å². The molecule has 0 spiro atoms. The number of hydrogen-bond donors (Lipinski definition) is 2. The molecule has 0 aliphatic carbocycles. The van der Waals surface area contributed by atoms with E-state index in [2.05, 4.69) is 10.1 Å². The number of nitrogens with one attached hydrogen (secondary N) is 1. The number of halogens is 3. The molecule has 1 saturated heterocycles. The van der Waals surface area contributed by atoms with Gasteiger partial charge in [-0.05, 0) is 36.8 Å². The fraction of sp³-hybridized carbons (Fsp3) is 0.571. The van der Waals surface area contributed by atoms with Crippen molar-refractivity contribution in [2.24, 2.45) is 0 Å². The van der Waals surface area contributed by atoms with Gasteiger partial charge in [-0.25, -0.2) is 0 Å². The average Bonchev–Trinajstić information content (AvgIpc) is 2.82. The Morgan fingerprint density at radius 1 is 1.38 bits per heavy atom. The van der Waals surface area contributed by atoms with E-state index in [0.717, 1.165) is 17.7 Å². The predicted molar refractivity (Wildman–Crippen MR) is 76.4 cm³/mol. The normalized spacial score (nSPS) is 24.0. The quantitative estimate of drug-likeness (QED) is 0.874. The first-order chi connectivity index (χ1) is 9.77. The minimum Gasteiger partial charge on any atom is -0.406 e. The van der Waals surface area contributed by atoms with E-state index in [9.17, 15) is 18.3 Å². The highest BCUT2D eigenvalue weighted by atomic mass is 32.2. The van der Waals surface area contributed by atoms with E-state index < -0.39 is 12.0 Å². The van der Waals surface area contributed by atoms with Gasteiger partial charge >= 0.3 is 6.36 Å². The molecule has 1 aromatic carbocycles. The van der Waals surface area contributed by atoms with Crippen LogP contribution in [0.25, 0.3) is 0 Å². The molecule has 1 aliphatic rings. The topological polar surface area (TPSA) is 41.5 Å². The lowest BCUT2D eigenvalue weighted by molar-refractivity contribution is -0.274. The summed E-state index contributed by atoms with van der Waals surface area (Å²) in [6.45, 7) is 2.38. The van der Waals surface area contributed by atoms with E-state index >= 15 is 0 Å². The molecule has 7 heteroatoms. The number of benzene rings is 1. The molecule has 2 rings (SSSR count). The Labute approximate surface area is 125 Å². The number of alkyl halides is 3. The lowest BCUT2D eigenvalue weighted by Crippen LogP contribution is -2.41. The molecule has 1 heterocycles. The van der Waals surface area contributed by atoms with Crippen molar-refractivity contribution in [1.82, 2.24) is 5.32 Å². The van der Waals surface area contributed by atoms with E-state index in [0.29, 0.717) is 12.3 Å². The van der Waals surface area contributed by atoms with Gasteiger partial charge in [0.15, 0.2) is 0 Å². The van der Waals surface area contributed by atoms with Gasteiger partial charge in [0.1, 0.15) is 5.75 Å². The summed E-state index contributed by atoms with van der Waals surface area (Å²) in [5.74, 6) is 1.44. The molecule has 0 aromatic heterocycles. The van der Waals surface area contributed by atoms with Gasteiger partial charge in [-0.1, -0.05) is 12.1 Å². The van der Waals surface area contributed by atoms with Crippen LogP contribution in [0.1, 0.15) is 24.9 Å². The molecule has 118 valence electrons. The molecule has 0 saturated carbocycles. The molecule has 1 aliphatic heterocycles. The SMILES string of the molecule is CC(NCC1(O)CCSC1)c1ccc(OC(F)(F)F)cc1. The van der Waals surface area contributed by atoms with Crippen molar-refractivity contribution < 1.29 is 23.0 Å². The summed E-state index contributed by atoms with van der Waals surface area (Å²) in [6, 6.07) is 5.71. The predicted octanol–water partition coefficient (Wildman–Crippen LogP) is 3.10. The molecular weight excluding hydrogens is 303 g/mol.